The summed E-state index contributed by atoms with van der Waals surface area (Å²) >= 11 is 13.5. The topological polar surface area (TPSA) is 92.0 Å². The van der Waals surface area contributed by atoms with Gasteiger partial charge in [-0.15, -0.1) is 0 Å². The molecule has 1 saturated carbocycles. The minimum Gasteiger partial charge on any atom is -0.490 e. The maximum Gasteiger partial charge on any atom is 0.343 e. The van der Waals surface area contributed by atoms with E-state index < -0.39 is 5.97 Å². The van der Waals surface area contributed by atoms with Crippen LogP contribution in [0.15, 0.2) is 43.1 Å². The number of aromatic nitrogens is 2. The zero-order chi connectivity index (χ0) is 26.5. The number of hydrogen-bond donors (Lipinski definition) is 0. The molecule has 3 aromatic rings. The quantitative estimate of drug-likeness (QED) is 0.205. The number of carbonyl (C=O) groups excluding carboxylic acids is 1. The lowest BCUT2D eigenvalue weighted by molar-refractivity contribution is -0.142. The van der Waals surface area contributed by atoms with Gasteiger partial charge in [-0.05, 0) is 60.0 Å². The Morgan fingerprint density at radius 2 is 1.97 bits per heavy atom. The molecule has 2 aromatic carbocycles. The molecule has 0 atom stereocenters. The standard InChI is InChI=1S/C26H26Br2ClN3O5/c1-3-36-20-11-16(22(28)23(29)24(20)37-14-21(33)35-2)13-30-32-25(15-7-5-4-6-8-15)31-19-10-9-17(27)12-18(19)26(32)34/h9-13,15H,3-8,14H2,1-2H3. The third-order valence-corrected chi connectivity index (χ3v) is 8.07. The first kappa shape index (κ1) is 27.6. The molecule has 1 aliphatic rings. The van der Waals surface area contributed by atoms with Crippen molar-refractivity contribution >= 4 is 66.5 Å². The second kappa shape index (κ2) is 12.4. The molecule has 1 heterocycles. The van der Waals surface area contributed by atoms with Crippen LogP contribution in [-0.4, -0.2) is 42.2 Å². The number of halogens is 3. The monoisotopic (exact) mass is 653 g/mol. The second-order valence-corrected chi connectivity index (χ2v) is 10.6. The molecule has 0 aliphatic heterocycles. The maximum absolute atomic E-state index is 13.6. The van der Waals surface area contributed by atoms with E-state index >= 15 is 0 Å². The summed E-state index contributed by atoms with van der Waals surface area (Å²) in [5.74, 6) is 0.787. The van der Waals surface area contributed by atoms with E-state index in [1.54, 1.807) is 18.3 Å². The van der Waals surface area contributed by atoms with E-state index in [1.165, 1.54) is 18.2 Å². The number of carbonyl (C=O) groups is 1. The first-order valence-corrected chi connectivity index (χ1v) is 13.9. The van der Waals surface area contributed by atoms with Gasteiger partial charge in [0.15, 0.2) is 18.1 Å². The first-order valence-electron chi connectivity index (χ1n) is 11.9. The number of esters is 1. The van der Waals surface area contributed by atoms with E-state index in [0.717, 1.165) is 30.2 Å². The van der Waals surface area contributed by atoms with E-state index in [0.29, 0.717) is 39.1 Å². The SMILES string of the molecule is CCOc1cc(C=Nn2c(C3CCCCC3)nc3ccc(Br)cc3c2=O)c(Br)c(Cl)c1OCC(=O)OC. The number of fused-ring (bicyclic) bond motifs is 1. The fourth-order valence-electron chi connectivity index (χ4n) is 4.31. The zero-order valence-electron chi connectivity index (χ0n) is 20.4. The summed E-state index contributed by atoms with van der Waals surface area (Å²) in [6, 6.07) is 7.17. The number of hydrogen-bond acceptors (Lipinski definition) is 7. The Kier molecular flexibility index (Phi) is 9.26. The van der Waals surface area contributed by atoms with Gasteiger partial charge in [0.05, 0.1) is 30.8 Å². The average Bonchev–Trinajstić information content (AvgIpc) is 2.91. The Bertz CT molecular complexity index is 1400. The maximum atomic E-state index is 13.6. The van der Waals surface area contributed by atoms with Crippen molar-refractivity contribution in [2.75, 3.05) is 20.3 Å². The van der Waals surface area contributed by atoms with Crippen molar-refractivity contribution in [2.24, 2.45) is 5.10 Å². The van der Waals surface area contributed by atoms with Crippen LogP contribution in [0.25, 0.3) is 10.9 Å². The van der Waals surface area contributed by atoms with Crippen molar-refractivity contribution in [1.29, 1.82) is 0 Å². The van der Waals surface area contributed by atoms with Gasteiger partial charge in [0.1, 0.15) is 10.8 Å². The second-order valence-electron chi connectivity index (χ2n) is 8.55. The van der Waals surface area contributed by atoms with Crippen LogP contribution in [0, 0.1) is 0 Å². The smallest absolute Gasteiger partial charge is 0.343 e. The molecule has 37 heavy (non-hydrogen) atoms. The zero-order valence-corrected chi connectivity index (χ0v) is 24.4. The summed E-state index contributed by atoms with van der Waals surface area (Å²) in [5.41, 5.74) is 0.971. The lowest BCUT2D eigenvalue weighted by Crippen LogP contribution is -2.25. The van der Waals surface area contributed by atoms with Gasteiger partial charge in [0.2, 0.25) is 0 Å². The van der Waals surface area contributed by atoms with Crippen molar-refractivity contribution in [2.45, 2.75) is 44.9 Å². The van der Waals surface area contributed by atoms with Gasteiger partial charge in [-0.25, -0.2) is 9.78 Å². The molecule has 8 nitrogen and oxygen atoms in total. The fraction of sp³-hybridized carbons (Fsp3) is 0.385. The van der Waals surface area contributed by atoms with Crippen molar-refractivity contribution in [3.63, 3.8) is 0 Å². The molecule has 1 aromatic heterocycles. The molecule has 4 rings (SSSR count). The van der Waals surface area contributed by atoms with Crippen LogP contribution in [0.3, 0.4) is 0 Å². The number of benzene rings is 2. The molecule has 11 heteroatoms. The Morgan fingerprint density at radius 1 is 1.22 bits per heavy atom. The molecule has 1 fully saturated rings. The third kappa shape index (κ3) is 6.18. The largest absolute Gasteiger partial charge is 0.490 e. The van der Waals surface area contributed by atoms with Crippen molar-refractivity contribution < 1.29 is 19.0 Å². The molecule has 0 bridgehead atoms. The highest BCUT2D eigenvalue weighted by Gasteiger charge is 2.23. The van der Waals surface area contributed by atoms with Crippen LogP contribution >= 0.6 is 43.5 Å². The Labute approximate surface area is 236 Å². The van der Waals surface area contributed by atoms with Crippen LogP contribution in [0.2, 0.25) is 5.02 Å². The summed E-state index contributed by atoms with van der Waals surface area (Å²) in [6.45, 7) is 1.84. The van der Waals surface area contributed by atoms with Crippen molar-refractivity contribution in [1.82, 2.24) is 9.66 Å². The average molecular weight is 656 g/mol. The van der Waals surface area contributed by atoms with E-state index in [9.17, 15) is 9.59 Å². The van der Waals surface area contributed by atoms with E-state index in [-0.39, 0.29) is 28.9 Å². The molecule has 0 spiro atoms. The molecule has 0 N–H and O–H groups in total. The van der Waals surface area contributed by atoms with Gasteiger partial charge >= 0.3 is 5.97 Å². The summed E-state index contributed by atoms with van der Waals surface area (Å²) in [5, 5.41) is 5.28. The highest BCUT2D eigenvalue weighted by molar-refractivity contribution is 9.10. The third-order valence-electron chi connectivity index (χ3n) is 6.13. The number of ether oxygens (including phenoxy) is 3. The number of rotatable bonds is 8. The van der Waals surface area contributed by atoms with Crippen LogP contribution in [0.5, 0.6) is 11.5 Å². The molecule has 0 unspecified atom stereocenters. The Morgan fingerprint density at radius 3 is 2.68 bits per heavy atom. The van der Waals surface area contributed by atoms with Crippen molar-refractivity contribution in [3.8, 4) is 11.5 Å². The van der Waals surface area contributed by atoms with Gasteiger partial charge in [0, 0.05) is 20.4 Å². The minimum absolute atomic E-state index is 0.145. The first-order chi connectivity index (χ1) is 17.8. The summed E-state index contributed by atoms with van der Waals surface area (Å²) < 4.78 is 18.6. The highest BCUT2D eigenvalue weighted by atomic mass is 79.9. The fourth-order valence-corrected chi connectivity index (χ4v) is 5.32. The van der Waals surface area contributed by atoms with Gasteiger partial charge in [-0.1, -0.05) is 46.8 Å². The van der Waals surface area contributed by atoms with Gasteiger partial charge < -0.3 is 14.2 Å². The van der Waals surface area contributed by atoms with Crippen LogP contribution in [0.4, 0.5) is 0 Å². The summed E-state index contributed by atoms with van der Waals surface area (Å²) in [7, 11) is 1.27. The van der Waals surface area contributed by atoms with Crippen LogP contribution < -0.4 is 15.0 Å². The predicted octanol–water partition coefficient (Wildman–Crippen LogP) is 6.46. The van der Waals surface area contributed by atoms with Crippen LogP contribution in [0.1, 0.15) is 56.3 Å². The minimum atomic E-state index is -0.551. The molecule has 0 saturated heterocycles. The van der Waals surface area contributed by atoms with Crippen molar-refractivity contribution in [3.05, 3.63) is 60.0 Å². The summed E-state index contributed by atoms with van der Waals surface area (Å²) in [4.78, 5) is 30.0. The molecule has 0 radical (unpaired) electrons. The molecular weight excluding hydrogens is 630 g/mol. The summed E-state index contributed by atoms with van der Waals surface area (Å²) in [6.07, 6.45) is 6.83. The van der Waals surface area contributed by atoms with Gasteiger partial charge in [-0.2, -0.15) is 9.78 Å². The lowest BCUT2D eigenvalue weighted by Gasteiger charge is -2.22. The Balaban J connectivity index is 1.80. The predicted molar refractivity (Wildman–Crippen MR) is 150 cm³/mol. The normalized spacial score (nSPS) is 14.3. The van der Waals surface area contributed by atoms with Crippen LogP contribution in [-0.2, 0) is 9.53 Å². The number of methoxy groups -OCH3 is 1. The van der Waals surface area contributed by atoms with E-state index in [1.807, 2.05) is 19.1 Å². The van der Waals surface area contributed by atoms with E-state index in [2.05, 4.69) is 41.7 Å². The Hall–Kier alpha value is -2.43. The molecular formula is C26H26Br2ClN3O5. The lowest BCUT2D eigenvalue weighted by atomic mass is 9.88. The number of nitrogens with zero attached hydrogens (tertiary/aromatic N) is 3. The van der Waals surface area contributed by atoms with E-state index in [4.69, 9.17) is 26.1 Å². The molecule has 0 amide bonds. The van der Waals surface area contributed by atoms with Gasteiger partial charge in [-0.3, -0.25) is 4.79 Å². The highest BCUT2D eigenvalue weighted by Crippen LogP contribution is 2.42. The molecule has 196 valence electrons. The van der Waals surface area contributed by atoms with Gasteiger partial charge in [0.25, 0.3) is 5.56 Å². The molecule has 1 aliphatic carbocycles.